The molecule has 1 unspecified atom stereocenters. The van der Waals surface area contributed by atoms with Crippen LogP contribution in [0.5, 0.6) is 5.75 Å². The summed E-state index contributed by atoms with van der Waals surface area (Å²) in [5.74, 6) is 0.967. The summed E-state index contributed by atoms with van der Waals surface area (Å²) in [5.41, 5.74) is 0.812. The van der Waals surface area contributed by atoms with Crippen molar-refractivity contribution >= 4 is 5.91 Å². The van der Waals surface area contributed by atoms with E-state index in [1.165, 1.54) is 0 Å². The van der Waals surface area contributed by atoms with Crippen LogP contribution >= 0.6 is 0 Å². The van der Waals surface area contributed by atoms with Crippen LogP contribution in [0.15, 0.2) is 24.3 Å². The van der Waals surface area contributed by atoms with Crippen LogP contribution in [-0.2, 0) is 11.3 Å². The van der Waals surface area contributed by atoms with E-state index in [1.54, 1.807) is 7.11 Å². The lowest BCUT2D eigenvalue weighted by Gasteiger charge is -2.32. The van der Waals surface area contributed by atoms with Crippen LogP contribution in [0.2, 0.25) is 0 Å². The summed E-state index contributed by atoms with van der Waals surface area (Å²) < 4.78 is 5.11. The second kappa shape index (κ2) is 6.06. The van der Waals surface area contributed by atoms with Gasteiger partial charge < -0.3 is 15.4 Å². The third-order valence-electron chi connectivity index (χ3n) is 3.76. The van der Waals surface area contributed by atoms with E-state index in [0.29, 0.717) is 6.54 Å². The maximum absolute atomic E-state index is 12.2. The summed E-state index contributed by atoms with van der Waals surface area (Å²) in [5, 5.41) is 6.32. The number of hydrogen-bond acceptors (Lipinski definition) is 3. The lowest BCUT2D eigenvalue weighted by molar-refractivity contribution is -0.131. The number of carbonyl (C=O) groups is 1. The highest BCUT2D eigenvalue weighted by Crippen LogP contribution is 2.25. The van der Waals surface area contributed by atoms with Gasteiger partial charge in [0, 0.05) is 13.1 Å². The predicted molar refractivity (Wildman–Crippen MR) is 75.1 cm³/mol. The summed E-state index contributed by atoms with van der Waals surface area (Å²) in [4.78, 5) is 12.2. The minimum atomic E-state index is -0.273. The maximum atomic E-state index is 12.2. The molecule has 4 heteroatoms. The molecule has 1 aromatic rings. The predicted octanol–water partition coefficient (Wildman–Crippen LogP) is 1.70. The molecule has 0 aromatic heterocycles. The second-order valence-corrected chi connectivity index (χ2v) is 5.37. The van der Waals surface area contributed by atoms with Gasteiger partial charge in [0.25, 0.3) is 0 Å². The molecule has 1 amide bonds. The van der Waals surface area contributed by atoms with Gasteiger partial charge in [-0.2, -0.15) is 0 Å². The Morgan fingerprint density at radius 2 is 2.16 bits per heavy atom. The van der Waals surface area contributed by atoms with Gasteiger partial charge >= 0.3 is 0 Å². The minimum absolute atomic E-state index is 0.135. The first-order valence-corrected chi connectivity index (χ1v) is 6.76. The van der Waals surface area contributed by atoms with Crippen LogP contribution in [0.3, 0.4) is 0 Å². The van der Waals surface area contributed by atoms with E-state index in [4.69, 9.17) is 4.74 Å². The highest BCUT2D eigenvalue weighted by molar-refractivity contribution is 5.82. The van der Waals surface area contributed by atoms with Crippen LogP contribution in [-0.4, -0.2) is 26.1 Å². The molecule has 104 valence electrons. The quantitative estimate of drug-likeness (QED) is 0.868. The molecule has 0 aliphatic carbocycles. The SMILES string of the molecule is COc1ccc(CNC(=O)C2(C)CCCNC2)cc1. The molecule has 2 N–H and O–H groups in total. The number of nitrogens with one attached hydrogen (secondary N) is 2. The summed E-state index contributed by atoms with van der Waals surface area (Å²) in [7, 11) is 1.65. The average Bonchev–Trinajstić information content (AvgIpc) is 2.46. The molecular formula is C15H22N2O2. The van der Waals surface area contributed by atoms with Crippen molar-refractivity contribution < 1.29 is 9.53 Å². The van der Waals surface area contributed by atoms with Crippen molar-refractivity contribution in [3.8, 4) is 5.75 Å². The Bertz CT molecular complexity index is 422. The van der Waals surface area contributed by atoms with Crippen LogP contribution < -0.4 is 15.4 Å². The number of hydrogen-bond donors (Lipinski definition) is 2. The smallest absolute Gasteiger partial charge is 0.227 e. The zero-order valence-electron chi connectivity index (χ0n) is 11.7. The van der Waals surface area contributed by atoms with Crippen molar-refractivity contribution in [1.82, 2.24) is 10.6 Å². The number of amides is 1. The van der Waals surface area contributed by atoms with Crippen LogP contribution in [0.1, 0.15) is 25.3 Å². The molecule has 0 saturated carbocycles. The highest BCUT2D eigenvalue weighted by Gasteiger charge is 2.34. The van der Waals surface area contributed by atoms with E-state index < -0.39 is 0 Å². The Labute approximate surface area is 114 Å². The molecule has 1 atom stereocenters. The first-order valence-electron chi connectivity index (χ1n) is 6.76. The van der Waals surface area contributed by atoms with Gasteiger partial charge in [0.15, 0.2) is 0 Å². The normalized spacial score (nSPS) is 22.8. The van der Waals surface area contributed by atoms with Crippen LogP contribution in [0.25, 0.3) is 0 Å². The van der Waals surface area contributed by atoms with E-state index in [2.05, 4.69) is 10.6 Å². The van der Waals surface area contributed by atoms with E-state index in [0.717, 1.165) is 37.2 Å². The van der Waals surface area contributed by atoms with E-state index in [1.807, 2.05) is 31.2 Å². The zero-order valence-corrected chi connectivity index (χ0v) is 11.7. The summed E-state index contributed by atoms with van der Waals surface area (Å²) in [6.07, 6.45) is 2.01. The third kappa shape index (κ3) is 3.47. The van der Waals surface area contributed by atoms with Gasteiger partial charge in [-0.15, -0.1) is 0 Å². The molecule has 1 aliphatic heterocycles. The van der Waals surface area contributed by atoms with Crippen molar-refractivity contribution in [3.63, 3.8) is 0 Å². The lowest BCUT2D eigenvalue weighted by atomic mass is 9.82. The molecule has 0 bridgehead atoms. The van der Waals surface area contributed by atoms with Gasteiger partial charge in [-0.1, -0.05) is 12.1 Å². The topological polar surface area (TPSA) is 50.4 Å². The molecule has 2 rings (SSSR count). The Hall–Kier alpha value is -1.55. The zero-order chi connectivity index (χ0) is 13.7. The van der Waals surface area contributed by atoms with Gasteiger partial charge in [-0.25, -0.2) is 0 Å². The summed E-state index contributed by atoms with van der Waals surface area (Å²) in [6, 6.07) is 7.76. The molecule has 0 spiro atoms. The molecule has 1 saturated heterocycles. The first-order chi connectivity index (χ1) is 9.14. The van der Waals surface area contributed by atoms with Crippen molar-refractivity contribution in [3.05, 3.63) is 29.8 Å². The van der Waals surface area contributed by atoms with Gasteiger partial charge in [0.2, 0.25) is 5.91 Å². The van der Waals surface area contributed by atoms with E-state index in [-0.39, 0.29) is 11.3 Å². The molecule has 1 heterocycles. The van der Waals surface area contributed by atoms with Gasteiger partial charge in [0.05, 0.1) is 12.5 Å². The monoisotopic (exact) mass is 262 g/mol. The highest BCUT2D eigenvalue weighted by atomic mass is 16.5. The van der Waals surface area contributed by atoms with Crippen molar-refractivity contribution in [1.29, 1.82) is 0 Å². The summed E-state index contributed by atoms with van der Waals surface area (Å²) >= 11 is 0. The number of ether oxygens (including phenoxy) is 1. The third-order valence-corrected chi connectivity index (χ3v) is 3.76. The fourth-order valence-electron chi connectivity index (χ4n) is 2.39. The Kier molecular flexibility index (Phi) is 4.43. The lowest BCUT2D eigenvalue weighted by Crippen LogP contribution is -2.48. The van der Waals surface area contributed by atoms with Gasteiger partial charge in [-0.3, -0.25) is 4.79 Å². The minimum Gasteiger partial charge on any atom is -0.497 e. The molecule has 1 aliphatic rings. The van der Waals surface area contributed by atoms with Crippen molar-refractivity contribution in [2.75, 3.05) is 20.2 Å². The maximum Gasteiger partial charge on any atom is 0.227 e. The number of carbonyl (C=O) groups excluding carboxylic acids is 1. The standard InChI is InChI=1S/C15H22N2O2/c1-15(8-3-9-16-11-15)14(18)17-10-12-4-6-13(19-2)7-5-12/h4-7,16H,3,8-11H2,1-2H3,(H,17,18). The molecule has 1 fully saturated rings. The summed E-state index contributed by atoms with van der Waals surface area (Å²) in [6.45, 7) is 4.38. The van der Waals surface area contributed by atoms with Crippen molar-refractivity contribution in [2.24, 2.45) is 5.41 Å². The Morgan fingerprint density at radius 3 is 2.74 bits per heavy atom. The van der Waals surface area contributed by atoms with Crippen LogP contribution in [0, 0.1) is 5.41 Å². The fourth-order valence-corrected chi connectivity index (χ4v) is 2.39. The number of piperidine rings is 1. The van der Waals surface area contributed by atoms with Crippen molar-refractivity contribution in [2.45, 2.75) is 26.3 Å². The number of benzene rings is 1. The number of rotatable bonds is 4. The fraction of sp³-hybridized carbons (Fsp3) is 0.533. The molecule has 19 heavy (non-hydrogen) atoms. The van der Waals surface area contributed by atoms with E-state index in [9.17, 15) is 4.79 Å². The second-order valence-electron chi connectivity index (χ2n) is 5.37. The average molecular weight is 262 g/mol. The van der Waals surface area contributed by atoms with E-state index >= 15 is 0 Å². The van der Waals surface area contributed by atoms with Gasteiger partial charge in [-0.05, 0) is 44.0 Å². The molecule has 4 nitrogen and oxygen atoms in total. The molecule has 0 radical (unpaired) electrons. The number of methoxy groups -OCH3 is 1. The van der Waals surface area contributed by atoms with Crippen LogP contribution in [0.4, 0.5) is 0 Å². The molecule has 1 aromatic carbocycles. The molecular weight excluding hydrogens is 240 g/mol. The largest absolute Gasteiger partial charge is 0.497 e. The Balaban J connectivity index is 1.88. The van der Waals surface area contributed by atoms with Gasteiger partial charge in [0.1, 0.15) is 5.75 Å². The first kappa shape index (κ1) is 13.9. The Morgan fingerprint density at radius 1 is 1.42 bits per heavy atom.